The Labute approximate surface area is 116 Å². The van der Waals surface area contributed by atoms with Crippen LogP contribution in [0.25, 0.3) is 0 Å². The standard InChI is InChI=1S/C15H12Cl2O/c16-12-7-6-11(8-13(12)17)15(14-9-18-14)10-4-2-1-3-5-10/h1-8,14-15H,9H2/t14-,15+/m0/s1. The van der Waals surface area contributed by atoms with Crippen LogP contribution in [-0.2, 0) is 4.74 Å². The van der Waals surface area contributed by atoms with E-state index in [4.69, 9.17) is 27.9 Å². The predicted molar refractivity (Wildman–Crippen MR) is 74.5 cm³/mol. The van der Waals surface area contributed by atoms with E-state index in [0.29, 0.717) is 10.0 Å². The summed E-state index contributed by atoms with van der Waals surface area (Å²) in [5.41, 5.74) is 2.40. The summed E-state index contributed by atoms with van der Waals surface area (Å²) < 4.78 is 5.47. The van der Waals surface area contributed by atoms with Gasteiger partial charge in [0.15, 0.2) is 0 Å². The maximum Gasteiger partial charge on any atom is 0.0918 e. The van der Waals surface area contributed by atoms with Crippen molar-refractivity contribution in [3.63, 3.8) is 0 Å². The molecule has 0 aromatic heterocycles. The third-order valence-electron chi connectivity index (χ3n) is 3.19. The van der Waals surface area contributed by atoms with Crippen molar-refractivity contribution in [1.29, 1.82) is 0 Å². The lowest BCUT2D eigenvalue weighted by molar-refractivity contribution is 0.389. The first kappa shape index (κ1) is 12.0. The third kappa shape index (κ3) is 2.39. The van der Waals surface area contributed by atoms with Gasteiger partial charge in [-0.2, -0.15) is 0 Å². The molecule has 92 valence electrons. The summed E-state index contributed by atoms with van der Waals surface area (Å²) in [5, 5.41) is 1.18. The molecule has 1 fully saturated rings. The predicted octanol–water partition coefficient (Wildman–Crippen LogP) is 4.52. The Bertz CT molecular complexity index is 550. The van der Waals surface area contributed by atoms with E-state index in [2.05, 4.69) is 12.1 Å². The Morgan fingerprint density at radius 2 is 1.67 bits per heavy atom. The molecular weight excluding hydrogens is 267 g/mol. The summed E-state index contributed by atoms with van der Waals surface area (Å²) in [6, 6.07) is 16.1. The molecule has 18 heavy (non-hydrogen) atoms. The molecule has 1 saturated heterocycles. The van der Waals surface area contributed by atoms with Crippen LogP contribution in [0.5, 0.6) is 0 Å². The second-order valence-corrected chi connectivity index (χ2v) is 5.25. The van der Waals surface area contributed by atoms with Crippen LogP contribution in [0.4, 0.5) is 0 Å². The fraction of sp³-hybridized carbons (Fsp3) is 0.200. The van der Waals surface area contributed by atoms with Crippen molar-refractivity contribution < 1.29 is 4.74 Å². The highest BCUT2D eigenvalue weighted by Gasteiger charge is 2.35. The molecule has 2 aromatic carbocycles. The minimum Gasteiger partial charge on any atom is -0.372 e. The summed E-state index contributed by atoms with van der Waals surface area (Å²) in [6.07, 6.45) is 0.254. The van der Waals surface area contributed by atoms with Gasteiger partial charge in [0.25, 0.3) is 0 Å². The van der Waals surface area contributed by atoms with Gasteiger partial charge in [-0.15, -0.1) is 0 Å². The molecule has 1 heterocycles. The Hall–Kier alpha value is -1.02. The topological polar surface area (TPSA) is 12.5 Å². The van der Waals surface area contributed by atoms with E-state index in [-0.39, 0.29) is 12.0 Å². The van der Waals surface area contributed by atoms with E-state index in [0.717, 1.165) is 12.2 Å². The molecule has 0 N–H and O–H groups in total. The number of hydrogen-bond acceptors (Lipinski definition) is 1. The van der Waals surface area contributed by atoms with E-state index in [1.54, 1.807) is 0 Å². The molecule has 0 amide bonds. The number of rotatable bonds is 3. The van der Waals surface area contributed by atoms with Gasteiger partial charge in [-0.05, 0) is 23.3 Å². The maximum absolute atomic E-state index is 6.10. The van der Waals surface area contributed by atoms with Crippen LogP contribution in [0.1, 0.15) is 17.0 Å². The lowest BCUT2D eigenvalue weighted by Gasteiger charge is -2.16. The van der Waals surface area contributed by atoms with Crippen molar-refractivity contribution in [2.24, 2.45) is 0 Å². The van der Waals surface area contributed by atoms with Crippen LogP contribution >= 0.6 is 23.2 Å². The second kappa shape index (κ2) is 4.93. The molecule has 0 aliphatic carbocycles. The maximum atomic E-state index is 6.10. The smallest absolute Gasteiger partial charge is 0.0918 e. The van der Waals surface area contributed by atoms with E-state index in [1.807, 2.05) is 36.4 Å². The van der Waals surface area contributed by atoms with Crippen LogP contribution in [0.3, 0.4) is 0 Å². The molecule has 0 spiro atoms. The lowest BCUT2D eigenvalue weighted by Crippen LogP contribution is -2.08. The minimum absolute atomic E-state index is 0.237. The molecule has 0 saturated carbocycles. The quantitative estimate of drug-likeness (QED) is 0.752. The van der Waals surface area contributed by atoms with Gasteiger partial charge in [-0.3, -0.25) is 0 Å². The zero-order chi connectivity index (χ0) is 12.5. The van der Waals surface area contributed by atoms with Crippen LogP contribution in [0, 0.1) is 0 Å². The average Bonchev–Trinajstić information content (AvgIpc) is 3.20. The van der Waals surface area contributed by atoms with Crippen LogP contribution in [0.2, 0.25) is 10.0 Å². The number of hydrogen-bond donors (Lipinski definition) is 0. The normalized spacial score (nSPS) is 19.6. The second-order valence-electron chi connectivity index (χ2n) is 4.43. The van der Waals surface area contributed by atoms with Gasteiger partial charge in [0.1, 0.15) is 0 Å². The summed E-state index contributed by atoms with van der Waals surface area (Å²) in [7, 11) is 0. The molecule has 1 nitrogen and oxygen atoms in total. The van der Waals surface area contributed by atoms with Gasteiger partial charge in [0.05, 0.1) is 22.8 Å². The van der Waals surface area contributed by atoms with Crippen molar-refractivity contribution in [3.8, 4) is 0 Å². The number of epoxide rings is 1. The zero-order valence-electron chi connectivity index (χ0n) is 9.64. The average molecular weight is 279 g/mol. The van der Waals surface area contributed by atoms with Gasteiger partial charge >= 0.3 is 0 Å². The SMILES string of the molecule is Clc1ccc([C@@H](c2ccccc2)[C@@H]2CO2)cc1Cl. The van der Waals surface area contributed by atoms with Gasteiger partial charge < -0.3 is 4.74 Å². The fourth-order valence-corrected chi connectivity index (χ4v) is 2.54. The Morgan fingerprint density at radius 3 is 2.28 bits per heavy atom. The Kier molecular flexibility index (Phi) is 3.29. The van der Waals surface area contributed by atoms with Crippen molar-refractivity contribution in [2.75, 3.05) is 6.61 Å². The van der Waals surface area contributed by atoms with Crippen molar-refractivity contribution in [3.05, 3.63) is 69.7 Å². The molecular formula is C15H12Cl2O. The highest BCUT2D eigenvalue weighted by molar-refractivity contribution is 6.42. The largest absolute Gasteiger partial charge is 0.372 e. The van der Waals surface area contributed by atoms with Crippen molar-refractivity contribution in [2.45, 2.75) is 12.0 Å². The molecule has 2 atom stereocenters. The number of ether oxygens (including phenoxy) is 1. The van der Waals surface area contributed by atoms with Crippen molar-refractivity contribution >= 4 is 23.2 Å². The van der Waals surface area contributed by atoms with Crippen LogP contribution < -0.4 is 0 Å². The molecule has 3 heteroatoms. The first-order chi connectivity index (χ1) is 8.75. The van der Waals surface area contributed by atoms with E-state index < -0.39 is 0 Å². The first-order valence-electron chi connectivity index (χ1n) is 5.87. The Balaban J connectivity index is 2.02. The molecule has 3 rings (SSSR count). The van der Waals surface area contributed by atoms with Gasteiger partial charge in [-0.1, -0.05) is 59.6 Å². The first-order valence-corrected chi connectivity index (χ1v) is 6.63. The zero-order valence-corrected chi connectivity index (χ0v) is 11.2. The van der Waals surface area contributed by atoms with Crippen LogP contribution in [0.15, 0.2) is 48.5 Å². The number of halogens is 2. The van der Waals surface area contributed by atoms with Gasteiger partial charge in [0, 0.05) is 5.92 Å². The Morgan fingerprint density at radius 1 is 0.944 bits per heavy atom. The summed E-state index contributed by atoms with van der Waals surface area (Å²) in [4.78, 5) is 0. The molecule has 0 radical (unpaired) electrons. The molecule has 1 aliphatic rings. The molecule has 0 bridgehead atoms. The fourth-order valence-electron chi connectivity index (χ4n) is 2.24. The highest BCUT2D eigenvalue weighted by Crippen LogP contribution is 2.37. The highest BCUT2D eigenvalue weighted by atomic mass is 35.5. The minimum atomic E-state index is 0.237. The molecule has 1 aliphatic heterocycles. The third-order valence-corrected chi connectivity index (χ3v) is 3.93. The van der Waals surface area contributed by atoms with Gasteiger partial charge in [-0.25, -0.2) is 0 Å². The summed E-state index contributed by atoms with van der Waals surface area (Å²) in [6.45, 7) is 0.805. The summed E-state index contributed by atoms with van der Waals surface area (Å²) >= 11 is 12.1. The van der Waals surface area contributed by atoms with Gasteiger partial charge in [0.2, 0.25) is 0 Å². The molecule has 2 aromatic rings. The molecule has 0 unspecified atom stereocenters. The summed E-state index contributed by atoms with van der Waals surface area (Å²) in [5.74, 6) is 0.237. The monoisotopic (exact) mass is 278 g/mol. The van der Waals surface area contributed by atoms with Crippen LogP contribution in [-0.4, -0.2) is 12.7 Å². The number of benzene rings is 2. The van der Waals surface area contributed by atoms with E-state index in [1.165, 1.54) is 5.56 Å². The van der Waals surface area contributed by atoms with E-state index in [9.17, 15) is 0 Å². The van der Waals surface area contributed by atoms with Crippen molar-refractivity contribution in [1.82, 2.24) is 0 Å². The lowest BCUT2D eigenvalue weighted by atomic mass is 9.89. The van der Waals surface area contributed by atoms with E-state index >= 15 is 0 Å².